The van der Waals surface area contributed by atoms with Crippen molar-refractivity contribution in [3.8, 4) is 0 Å². The van der Waals surface area contributed by atoms with E-state index in [1.807, 2.05) is 0 Å². The van der Waals surface area contributed by atoms with Crippen molar-refractivity contribution in [1.29, 1.82) is 0 Å². The standard InChI is InChI=1S/C12H9BrF4N2S/c1-18-10(6-2-3-8(14)7(13)4-6)9-5-19-11(20-9)12(15,16)17/h2-5,10,18H,1H3. The highest BCUT2D eigenvalue weighted by Gasteiger charge is 2.35. The molecule has 1 heterocycles. The fourth-order valence-electron chi connectivity index (χ4n) is 1.72. The van der Waals surface area contributed by atoms with Crippen LogP contribution in [0.2, 0.25) is 0 Å². The number of rotatable bonds is 3. The van der Waals surface area contributed by atoms with Crippen LogP contribution in [0.1, 0.15) is 21.5 Å². The van der Waals surface area contributed by atoms with E-state index >= 15 is 0 Å². The van der Waals surface area contributed by atoms with Crippen LogP contribution in [0.3, 0.4) is 0 Å². The summed E-state index contributed by atoms with van der Waals surface area (Å²) in [7, 11) is 1.62. The van der Waals surface area contributed by atoms with Crippen molar-refractivity contribution in [3.63, 3.8) is 0 Å². The van der Waals surface area contributed by atoms with Gasteiger partial charge in [-0.05, 0) is 40.7 Å². The molecular formula is C12H9BrF4N2S. The van der Waals surface area contributed by atoms with Gasteiger partial charge in [-0.15, -0.1) is 11.3 Å². The van der Waals surface area contributed by atoms with Crippen molar-refractivity contribution in [2.24, 2.45) is 0 Å². The average Bonchev–Trinajstić information content (AvgIpc) is 2.84. The number of halogens is 5. The normalized spacial score (nSPS) is 13.5. The van der Waals surface area contributed by atoms with Crippen LogP contribution in [-0.4, -0.2) is 12.0 Å². The highest BCUT2D eigenvalue weighted by molar-refractivity contribution is 9.10. The Morgan fingerprint density at radius 2 is 2.05 bits per heavy atom. The third-order valence-electron chi connectivity index (χ3n) is 2.62. The largest absolute Gasteiger partial charge is 0.443 e. The first-order valence-electron chi connectivity index (χ1n) is 5.48. The van der Waals surface area contributed by atoms with E-state index in [-0.39, 0.29) is 4.47 Å². The van der Waals surface area contributed by atoms with Crippen molar-refractivity contribution in [2.75, 3.05) is 7.05 Å². The average molecular weight is 369 g/mol. The molecule has 1 atom stereocenters. The van der Waals surface area contributed by atoms with E-state index in [9.17, 15) is 17.6 Å². The van der Waals surface area contributed by atoms with E-state index < -0.39 is 23.0 Å². The zero-order valence-electron chi connectivity index (χ0n) is 10.1. The lowest BCUT2D eigenvalue weighted by molar-refractivity contribution is -0.137. The molecule has 0 saturated heterocycles. The van der Waals surface area contributed by atoms with Gasteiger partial charge < -0.3 is 5.32 Å². The topological polar surface area (TPSA) is 24.9 Å². The fourth-order valence-corrected chi connectivity index (χ4v) is 3.03. The number of nitrogens with zero attached hydrogens (tertiary/aromatic N) is 1. The Bertz CT molecular complexity index is 612. The minimum Gasteiger partial charge on any atom is -0.309 e. The molecular weight excluding hydrogens is 360 g/mol. The van der Waals surface area contributed by atoms with E-state index in [2.05, 4.69) is 26.2 Å². The number of alkyl halides is 3. The van der Waals surface area contributed by atoms with Crippen molar-refractivity contribution >= 4 is 27.3 Å². The van der Waals surface area contributed by atoms with E-state index in [4.69, 9.17) is 0 Å². The highest BCUT2D eigenvalue weighted by Crippen LogP contribution is 2.36. The molecule has 1 unspecified atom stereocenters. The second-order valence-electron chi connectivity index (χ2n) is 3.96. The van der Waals surface area contributed by atoms with Gasteiger partial charge in [0.25, 0.3) is 0 Å². The first-order valence-corrected chi connectivity index (χ1v) is 7.09. The molecule has 8 heteroatoms. The number of nitrogens with one attached hydrogen (secondary N) is 1. The summed E-state index contributed by atoms with van der Waals surface area (Å²) < 4.78 is 51.1. The molecule has 1 N–H and O–H groups in total. The summed E-state index contributed by atoms with van der Waals surface area (Å²) in [6.45, 7) is 0. The lowest BCUT2D eigenvalue weighted by atomic mass is 10.1. The smallest absolute Gasteiger partial charge is 0.309 e. The molecule has 2 rings (SSSR count). The van der Waals surface area contributed by atoms with Crippen LogP contribution in [0.5, 0.6) is 0 Å². The molecule has 0 radical (unpaired) electrons. The molecule has 2 aromatic rings. The van der Waals surface area contributed by atoms with E-state index in [0.29, 0.717) is 21.8 Å². The Balaban J connectivity index is 2.37. The molecule has 0 aliphatic rings. The molecule has 0 aliphatic carbocycles. The quantitative estimate of drug-likeness (QED) is 0.813. The summed E-state index contributed by atoms with van der Waals surface area (Å²) in [4.78, 5) is 3.80. The summed E-state index contributed by atoms with van der Waals surface area (Å²) in [5.74, 6) is -0.427. The number of aromatic nitrogens is 1. The Hall–Kier alpha value is -0.990. The Kier molecular flexibility index (Phi) is 4.46. The van der Waals surface area contributed by atoms with Gasteiger partial charge in [0, 0.05) is 11.1 Å². The van der Waals surface area contributed by atoms with Gasteiger partial charge in [-0.3, -0.25) is 0 Å². The molecule has 0 saturated carbocycles. The van der Waals surface area contributed by atoms with E-state index in [0.717, 1.165) is 0 Å². The van der Waals surface area contributed by atoms with Gasteiger partial charge in [0.05, 0.1) is 10.5 Å². The predicted molar refractivity (Wildman–Crippen MR) is 72.1 cm³/mol. The number of thiazole rings is 1. The van der Waals surface area contributed by atoms with Gasteiger partial charge >= 0.3 is 6.18 Å². The number of hydrogen-bond acceptors (Lipinski definition) is 3. The molecule has 2 nitrogen and oxygen atoms in total. The summed E-state index contributed by atoms with van der Waals surface area (Å²) >= 11 is 3.63. The second-order valence-corrected chi connectivity index (χ2v) is 5.88. The van der Waals surface area contributed by atoms with Gasteiger partial charge in [0.15, 0.2) is 5.01 Å². The maximum absolute atomic E-state index is 13.2. The van der Waals surface area contributed by atoms with Crippen LogP contribution in [-0.2, 0) is 6.18 Å². The Morgan fingerprint density at radius 3 is 2.55 bits per heavy atom. The second kappa shape index (κ2) is 5.79. The number of benzene rings is 1. The van der Waals surface area contributed by atoms with Crippen molar-refractivity contribution in [2.45, 2.75) is 12.2 Å². The first-order chi connectivity index (χ1) is 9.32. The van der Waals surface area contributed by atoms with Gasteiger partial charge in [0.1, 0.15) is 5.82 Å². The lowest BCUT2D eigenvalue weighted by Crippen LogP contribution is -2.16. The first kappa shape index (κ1) is 15.4. The minimum atomic E-state index is -4.45. The van der Waals surface area contributed by atoms with Crippen LogP contribution in [0.25, 0.3) is 0 Å². The highest BCUT2D eigenvalue weighted by atomic mass is 79.9. The molecule has 1 aromatic carbocycles. The monoisotopic (exact) mass is 368 g/mol. The summed E-state index contributed by atoms with van der Waals surface area (Å²) in [6, 6.07) is 3.84. The van der Waals surface area contributed by atoms with E-state index in [1.165, 1.54) is 24.4 Å². The summed E-state index contributed by atoms with van der Waals surface area (Å²) in [5, 5.41) is 2.01. The van der Waals surface area contributed by atoms with Gasteiger partial charge in [0.2, 0.25) is 0 Å². The molecule has 0 bridgehead atoms. The predicted octanol–water partition coefficient (Wildman–Crippen LogP) is 4.37. The fraction of sp³-hybridized carbons (Fsp3) is 0.250. The van der Waals surface area contributed by atoms with E-state index in [1.54, 1.807) is 7.05 Å². The van der Waals surface area contributed by atoms with Crippen LogP contribution in [0.4, 0.5) is 17.6 Å². The molecule has 0 amide bonds. The lowest BCUT2D eigenvalue weighted by Gasteiger charge is -2.15. The van der Waals surface area contributed by atoms with Gasteiger partial charge in [-0.2, -0.15) is 13.2 Å². The Morgan fingerprint density at radius 1 is 1.35 bits per heavy atom. The molecule has 0 spiro atoms. The van der Waals surface area contributed by atoms with Crippen molar-refractivity contribution in [1.82, 2.24) is 10.3 Å². The van der Waals surface area contributed by atoms with Gasteiger partial charge in [-0.1, -0.05) is 6.07 Å². The summed E-state index contributed by atoms with van der Waals surface area (Å²) in [5.41, 5.74) is 0.651. The SMILES string of the molecule is CNC(c1ccc(F)c(Br)c1)c1cnc(C(F)(F)F)s1. The maximum atomic E-state index is 13.2. The zero-order valence-corrected chi connectivity index (χ0v) is 12.5. The Labute approximate surface area is 125 Å². The number of hydrogen-bond donors (Lipinski definition) is 1. The molecule has 108 valence electrons. The third kappa shape index (κ3) is 3.18. The van der Waals surface area contributed by atoms with Crippen LogP contribution < -0.4 is 5.32 Å². The molecule has 1 aromatic heterocycles. The molecule has 20 heavy (non-hydrogen) atoms. The van der Waals surface area contributed by atoms with Crippen LogP contribution >= 0.6 is 27.3 Å². The van der Waals surface area contributed by atoms with Crippen molar-refractivity contribution < 1.29 is 17.6 Å². The third-order valence-corrected chi connectivity index (χ3v) is 4.33. The zero-order chi connectivity index (χ0) is 14.9. The maximum Gasteiger partial charge on any atom is 0.443 e. The van der Waals surface area contributed by atoms with Crippen LogP contribution in [0, 0.1) is 5.82 Å². The minimum absolute atomic E-state index is 0.260. The van der Waals surface area contributed by atoms with Crippen LogP contribution in [0.15, 0.2) is 28.9 Å². The summed E-state index contributed by atoms with van der Waals surface area (Å²) in [6.07, 6.45) is -3.27. The molecule has 0 aliphatic heterocycles. The van der Waals surface area contributed by atoms with Gasteiger partial charge in [-0.25, -0.2) is 9.37 Å². The van der Waals surface area contributed by atoms with Crippen molar-refractivity contribution in [3.05, 3.63) is 50.1 Å². The molecule has 0 fully saturated rings.